The number of fused-ring (bicyclic) bond motifs is 1. The predicted molar refractivity (Wildman–Crippen MR) is 120 cm³/mol. The van der Waals surface area contributed by atoms with Gasteiger partial charge in [0.1, 0.15) is 0 Å². The second kappa shape index (κ2) is 8.31. The third-order valence-corrected chi connectivity index (χ3v) is 5.66. The third-order valence-electron chi connectivity index (χ3n) is 5.66. The highest BCUT2D eigenvalue weighted by molar-refractivity contribution is 6.22. The van der Waals surface area contributed by atoms with Gasteiger partial charge in [0.25, 0.3) is 23.6 Å². The van der Waals surface area contributed by atoms with Crippen LogP contribution in [0, 0.1) is 0 Å². The molecule has 4 amide bonds. The molecule has 2 N–H and O–H groups in total. The summed E-state index contributed by atoms with van der Waals surface area (Å²) in [5, 5.41) is 5.66. The van der Waals surface area contributed by atoms with Crippen molar-refractivity contribution >= 4 is 29.3 Å². The van der Waals surface area contributed by atoms with Crippen LogP contribution in [0.1, 0.15) is 59.8 Å². The number of carbonyl (C=O) groups is 4. The first-order chi connectivity index (χ1) is 16.0. The molecule has 8 nitrogen and oxygen atoms in total. The highest BCUT2D eigenvalue weighted by Gasteiger charge is 2.36. The number of imide groups is 1. The van der Waals surface area contributed by atoms with E-state index in [1.165, 1.54) is 18.2 Å². The predicted octanol–water partition coefficient (Wildman–Crippen LogP) is 3.02. The van der Waals surface area contributed by atoms with Crippen LogP contribution in [0.25, 0.3) is 0 Å². The Balaban J connectivity index is 1.35. The van der Waals surface area contributed by atoms with Gasteiger partial charge >= 0.3 is 0 Å². The lowest BCUT2D eigenvalue weighted by atomic mass is 10.0. The highest BCUT2D eigenvalue weighted by atomic mass is 16.2. The summed E-state index contributed by atoms with van der Waals surface area (Å²) < 4.78 is 0. The molecule has 5 rings (SSSR count). The number of amides is 4. The Morgan fingerprint density at radius 1 is 0.909 bits per heavy atom. The fourth-order valence-corrected chi connectivity index (χ4v) is 3.72. The number of anilines is 1. The van der Waals surface area contributed by atoms with Gasteiger partial charge in [-0.1, -0.05) is 12.1 Å². The van der Waals surface area contributed by atoms with Crippen molar-refractivity contribution in [3.63, 3.8) is 0 Å². The second-order valence-electron chi connectivity index (χ2n) is 8.06. The molecule has 0 saturated heterocycles. The molecule has 2 aliphatic rings. The van der Waals surface area contributed by atoms with Crippen molar-refractivity contribution in [2.24, 2.45) is 0 Å². The summed E-state index contributed by atoms with van der Waals surface area (Å²) in [5.41, 5.74) is 2.18. The molecular weight excluding hydrogens is 420 g/mol. The molecular formula is C25H20N4O4. The van der Waals surface area contributed by atoms with E-state index >= 15 is 0 Å². The summed E-state index contributed by atoms with van der Waals surface area (Å²) in [7, 11) is 0. The molecule has 0 radical (unpaired) electrons. The van der Waals surface area contributed by atoms with E-state index < -0.39 is 17.7 Å². The van der Waals surface area contributed by atoms with Gasteiger partial charge in [0, 0.05) is 24.0 Å². The number of aromatic nitrogens is 1. The fourth-order valence-electron chi connectivity index (χ4n) is 3.72. The summed E-state index contributed by atoms with van der Waals surface area (Å²) >= 11 is 0. The maximum atomic E-state index is 12.9. The van der Waals surface area contributed by atoms with Crippen LogP contribution in [0.5, 0.6) is 0 Å². The zero-order valence-corrected chi connectivity index (χ0v) is 17.6. The van der Waals surface area contributed by atoms with Crippen molar-refractivity contribution in [2.75, 3.05) is 5.32 Å². The maximum Gasteiger partial charge on any atom is 0.261 e. The summed E-state index contributed by atoms with van der Waals surface area (Å²) in [6.45, 7) is 0.125. The van der Waals surface area contributed by atoms with Crippen molar-refractivity contribution in [2.45, 2.75) is 25.4 Å². The van der Waals surface area contributed by atoms with Crippen molar-refractivity contribution < 1.29 is 19.2 Å². The molecule has 8 heteroatoms. The first-order valence-corrected chi connectivity index (χ1v) is 10.6. The van der Waals surface area contributed by atoms with Crippen molar-refractivity contribution in [1.29, 1.82) is 0 Å². The third kappa shape index (κ3) is 4.10. The molecule has 3 aromatic rings. The van der Waals surface area contributed by atoms with Gasteiger partial charge < -0.3 is 10.6 Å². The molecule has 164 valence electrons. The van der Waals surface area contributed by atoms with Gasteiger partial charge in [-0.05, 0) is 60.9 Å². The average molecular weight is 440 g/mol. The Bertz CT molecular complexity index is 1280. The van der Waals surface area contributed by atoms with E-state index in [9.17, 15) is 19.2 Å². The number of nitrogens with one attached hydrogen (secondary N) is 2. The van der Waals surface area contributed by atoms with Crippen LogP contribution >= 0.6 is 0 Å². The molecule has 0 bridgehead atoms. The number of para-hydroxylation sites is 1. The van der Waals surface area contributed by atoms with Crippen LogP contribution in [0.2, 0.25) is 0 Å². The molecule has 1 aliphatic heterocycles. The zero-order valence-electron chi connectivity index (χ0n) is 17.6. The molecule has 1 aromatic heterocycles. The Morgan fingerprint density at radius 3 is 2.39 bits per heavy atom. The van der Waals surface area contributed by atoms with Gasteiger partial charge in [-0.15, -0.1) is 0 Å². The van der Waals surface area contributed by atoms with Gasteiger partial charge in [-0.3, -0.25) is 29.1 Å². The number of nitrogens with zero attached hydrogens (tertiary/aromatic N) is 2. The van der Waals surface area contributed by atoms with Gasteiger partial charge in [0.2, 0.25) is 0 Å². The standard InChI is InChI=1S/C25H20N4O4/c30-22(28-21-4-2-1-3-19(21)23(31)27-17-6-7-17)16-5-8-18-20(13-16)25(33)29(24(18)32)14-15-9-11-26-12-10-15/h1-5,8-13,17H,6-7,14H2,(H,27,31)(H,28,30). The molecule has 0 spiro atoms. The van der Waals surface area contributed by atoms with Crippen LogP contribution in [0.4, 0.5) is 5.69 Å². The average Bonchev–Trinajstić information content (AvgIpc) is 3.62. The zero-order chi connectivity index (χ0) is 22.9. The van der Waals surface area contributed by atoms with E-state index in [-0.39, 0.29) is 35.2 Å². The minimum absolute atomic E-state index is 0.125. The van der Waals surface area contributed by atoms with E-state index in [4.69, 9.17) is 0 Å². The molecule has 1 saturated carbocycles. The molecule has 1 aliphatic carbocycles. The van der Waals surface area contributed by atoms with Gasteiger partial charge in [-0.2, -0.15) is 0 Å². The fraction of sp³-hybridized carbons (Fsp3) is 0.160. The first-order valence-electron chi connectivity index (χ1n) is 10.6. The second-order valence-corrected chi connectivity index (χ2v) is 8.06. The van der Waals surface area contributed by atoms with E-state index in [0.29, 0.717) is 11.3 Å². The lowest BCUT2D eigenvalue weighted by Gasteiger charge is -2.13. The summed E-state index contributed by atoms with van der Waals surface area (Å²) in [6, 6.07) is 14.8. The van der Waals surface area contributed by atoms with Gasteiger partial charge in [0.15, 0.2) is 0 Å². The smallest absolute Gasteiger partial charge is 0.261 e. The molecule has 1 fully saturated rings. The Kier molecular flexibility index (Phi) is 5.18. The van der Waals surface area contributed by atoms with Gasteiger partial charge in [-0.25, -0.2) is 0 Å². The lowest BCUT2D eigenvalue weighted by Crippen LogP contribution is -2.29. The lowest BCUT2D eigenvalue weighted by molar-refractivity contribution is 0.0641. The van der Waals surface area contributed by atoms with E-state index in [1.807, 2.05) is 0 Å². The van der Waals surface area contributed by atoms with E-state index in [2.05, 4.69) is 15.6 Å². The molecule has 0 atom stereocenters. The topological polar surface area (TPSA) is 108 Å². The number of rotatable bonds is 6. The van der Waals surface area contributed by atoms with E-state index in [0.717, 1.165) is 23.3 Å². The minimum Gasteiger partial charge on any atom is -0.349 e. The normalized spacial score (nSPS) is 14.7. The number of benzene rings is 2. The Labute approximate surface area is 189 Å². The van der Waals surface area contributed by atoms with Crippen LogP contribution in [0.3, 0.4) is 0 Å². The van der Waals surface area contributed by atoms with Crippen LogP contribution in [0.15, 0.2) is 67.0 Å². The van der Waals surface area contributed by atoms with Crippen LogP contribution in [-0.4, -0.2) is 39.6 Å². The molecule has 2 aromatic carbocycles. The van der Waals surface area contributed by atoms with Crippen molar-refractivity contribution in [3.8, 4) is 0 Å². The summed E-state index contributed by atoms with van der Waals surface area (Å²) in [4.78, 5) is 56.2. The summed E-state index contributed by atoms with van der Waals surface area (Å²) in [5.74, 6) is -1.57. The SMILES string of the molecule is O=C(Nc1ccccc1C(=O)NC1CC1)c1ccc2c(c1)C(=O)N(Cc1ccncc1)C2=O. The molecule has 0 unspecified atom stereocenters. The number of carbonyl (C=O) groups excluding carboxylic acids is 4. The number of pyridine rings is 1. The van der Waals surface area contributed by atoms with Crippen LogP contribution < -0.4 is 10.6 Å². The van der Waals surface area contributed by atoms with Gasteiger partial charge in [0.05, 0.1) is 28.9 Å². The Hall–Kier alpha value is -4.33. The highest BCUT2D eigenvalue weighted by Crippen LogP contribution is 2.27. The van der Waals surface area contributed by atoms with Crippen molar-refractivity contribution in [3.05, 3.63) is 94.8 Å². The quantitative estimate of drug-likeness (QED) is 0.573. The number of hydrogen-bond acceptors (Lipinski definition) is 5. The number of hydrogen-bond donors (Lipinski definition) is 2. The molecule has 33 heavy (non-hydrogen) atoms. The van der Waals surface area contributed by atoms with E-state index in [1.54, 1.807) is 48.8 Å². The van der Waals surface area contributed by atoms with Crippen LogP contribution in [-0.2, 0) is 6.54 Å². The van der Waals surface area contributed by atoms with Crippen molar-refractivity contribution in [1.82, 2.24) is 15.2 Å². The first kappa shape index (κ1) is 20.6. The maximum absolute atomic E-state index is 12.9. The largest absolute Gasteiger partial charge is 0.349 e. The monoisotopic (exact) mass is 440 g/mol. The molecule has 2 heterocycles. The summed E-state index contributed by atoms with van der Waals surface area (Å²) in [6.07, 6.45) is 5.11. The minimum atomic E-state index is -0.475. The Morgan fingerprint density at radius 2 is 1.64 bits per heavy atom.